The molecular formula is C69H82FN13O8. The van der Waals surface area contributed by atoms with Crippen molar-refractivity contribution in [1.29, 1.82) is 0 Å². The highest BCUT2D eigenvalue weighted by Gasteiger charge is 2.56. The number of amides is 8. The van der Waals surface area contributed by atoms with E-state index in [-0.39, 0.29) is 82.7 Å². The zero-order chi connectivity index (χ0) is 63.4. The number of carbonyl (C=O) groups excluding carboxylic acids is 8. The van der Waals surface area contributed by atoms with Crippen molar-refractivity contribution in [2.75, 3.05) is 87.1 Å². The van der Waals surface area contributed by atoms with E-state index >= 15 is 9.18 Å². The monoisotopic (exact) mass is 1240 g/mol. The molecule has 478 valence electrons. The SMILES string of the molecule is Cc1cc(F)c(Nc2nc(-c3ccc4c(c3)N([C@H]3C[C@@H](N5CCCCC5)C3)C(=O)C43CCN(C(=O)C4CCN(C(=O)CN5CC6(CCN(c7ccc8c(c7)C(=O)N(C7CCC(=O)NC7=O)C8=O)CC6)C5)CC4)CC3)cc3ncn(C(C)C)c23)cc1C(=O)NC(C)C. The summed E-state index contributed by atoms with van der Waals surface area (Å²) in [4.78, 5) is 132. The van der Waals surface area contributed by atoms with E-state index in [4.69, 9.17) is 9.97 Å². The van der Waals surface area contributed by atoms with Crippen molar-refractivity contribution in [3.05, 3.63) is 94.6 Å². The average molecular weight is 1240 g/mol. The van der Waals surface area contributed by atoms with E-state index in [0.29, 0.717) is 98.1 Å². The Balaban J connectivity index is 0.614. The number of aryl methyl sites for hydroxylation is 1. The highest BCUT2D eigenvalue weighted by molar-refractivity contribution is 6.24. The lowest BCUT2D eigenvalue weighted by Crippen LogP contribution is -2.62. The van der Waals surface area contributed by atoms with E-state index in [1.165, 1.54) is 31.4 Å². The number of pyridine rings is 1. The van der Waals surface area contributed by atoms with E-state index in [0.717, 1.165) is 92.4 Å². The van der Waals surface area contributed by atoms with Gasteiger partial charge >= 0.3 is 0 Å². The lowest BCUT2D eigenvalue weighted by atomic mass is 9.72. The van der Waals surface area contributed by atoms with Crippen LogP contribution in [0, 0.1) is 24.1 Å². The number of rotatable bonds is 13. The Kier molecular flexibility index (Phi) is 15.6. The van der Waals surface area contributed by atoms with Crippen molar-refractivity contribution in [1.82, 2.24) is 49.7 Å². The summed E-state index contributed by atoms with van der Waals surface area (Å²) < 4.78 is 18.0. The minimum Gasteiger partial charge on any atom is -0.371 e. The summed E-state index contributed by atoms with van der Waals surface area (Å²) >= 11 is 0. The first kappa shape index (κ1) is 60.5. The molecule has 10 heterocycles. The fourth-order valence-corrected chi connectivity index (χ4v) is 16.4. The molecule has 1 aliphatic carbocycles. The van der Waals surface area contributed by atoms with Crippen LogP contribution in [0.1, 0.15) is 159 Å². The third kappa shape index (κ3) is 10.8. The molecule has 91 heavy (non-hydrogen) atoms. The van der Waals surface area contributed by atoms with Crippen LogP contribution in [0.2, 0.25) is 0 Å². The first-order valence-corrected chi connectivity index (χ1v) is 33.1. The number of aromatic nitrogens is 3. The van der Waals surface area contributed by atoms with Crippen molar-refractivity contribution < 1.29 is 42.7 Å². The first-order valence-electron chi connectivity index (χ1n) is 33.1. The molecular weight excluding hydrogens is 1160 g/mol. The van der Waals surface area contributed by atoms with Gasteiger partial charge in [0.2, 0.25) is 29.5 Å². The molecule has 0 radical (unpaired) electrons. The number of fused-ring (bicyclic) bond motifs is 4. The minimum absolute atomic E-state index is 0.00543. The molecule has 7 fully saturated rings. The number of anilines is 4. The maximum Gasteiger partial charge on any atom is 0.262 e. The average Bonchev–Trinajstić information content (AvgIpc) is 1.69. The van der Waals surface area contributed by atoms with Crippen molar-refractivity contribution in [3.8, 4) is 11.3 Å². The van der Waals surface area contributed by atoms with Gasteiger partial charge in [-0.25, -0.2) is 14.4 Å². The Morgan fingerprint density at radius 1 is 0.758 bits per heavy atom. The molecule has 5 aromatic rings. The molecule has 8 amide bonds. The second-order valence-corrected chi connectivity index (χ2v) is 28.0. The highest BCUT2D eigenvalue weighted by atomic mass is 19.1. The lowest BCUT2D eigenvalue weighted by Gasteiger charge is -2.54. The predicted octanol–water partition coefficient (Wildman–Crippen LogP) is 7.47. The Bertz CT molecular complexity index is 3820. The molecule has 1 saturated carbocycles. The zero-order valence-electron chi connectivity index (χ0n) is 52.8. The van der Waals surface area contributed by atoms with Crippen LogP contribution >= 0.6 is 0 Å². The Labute approximate surface area is 529 Å². The van der Waals surface area contributed by atoms with Gasteiger partial charge in [-0.2, -0.15) is 0 Å². The lowest BCUT2D eigenvalue weighted by molar-refractivity contribution is -0.144. The van der Waals surface area contributed by atoms with Crippen LogP contribution < -0.4 is 25.8 Å². The Morgan fingerprint density at radius 2 is 1.48 bits per heavy atom. The molecule has 2 spiro atoms. The van der Waals surface area contributed by atoms with Crippen molar-refractivity contribution in [3.63, 3.8) is 0 Å². The molecule has 22 heteroatoms. The molecule has 2 aromatic heterocycles. The van der Waals surface area contributed by atoms with E-state index in [9.17, 15) is 33.6 Å². The first-order chi connectivity index (χ1) is 43.7. The summed E-state index contributed by atoms with van der Waals surface area (Å²) in [5.41, 5.74) is 6.24. The predicted molar refractivity (Wildman–Crippen MR) is 340 cm³/mol. The van der Waals surface area contributed by atoms with Gasteiger partial charge in [-0.05, 0) is 177 Å². The number of piperidine rings is 5. The summed E-state index contributed by atoms with van der Waals surface area (Å²) in [7, 11) is 0. The van der Waals surface area contributed by atoms with Gasteiger partial charge in [0.05, 0.1) is 46.3 Å². The van der Waals surface area contributed by atoms with Crippen LogP contribution in [0.4, 0.5) is 27.3 Å². The van der Waals surface area contributed by atoms with Gasteiger partial charge in [-0.3, -0.25) is 53.5 Å². The standard InChI is InChI=1S/C69H82FN13O8/c1-40(2)72-62(86)49-34-54(52(70)29-42(49)5)74-61-60-55(71-39-81(60)41(3)4)35-53(73-61)44-9-12-51-57(30-44)82(47-31-46(32-47)77-21-7-6-8-22-77)67(91)69(51)19-27-80(28-20-69)64(88)43-15-23-79(24-16-43)59(85)36-76-37-68(38-76)17-25-78(26-18-68)45-10-11-48-50(33-45)66(90)83(65(48)89)56-13-14-58(84)75-63(56)87/h9-12,29-30,33-35,39-41,43,46-47,56H,6-8,13-28,31-32,36-38H2,1-5H3,(H,72,86)(H,73,74)(H,75,84,87)/t46-,47+,56?. The van der Waals surface area contributed by atoms with Crippen LogP contribution in [0.5, 0.6) is 0 Å². The van der Waals surface area contributed by atoms with Crippen molar-refractivity contribution in [2.45, 2.75) is 154 Å². The van der Waals surface area contributed by atoms with Gasteiger partial charge in [0.15, 0.2) is 5.82 Å². The van der Waals surface area contributed by atoms with E-state index in [1.807, 2.05) is 60.3 Å². The highest BCUT2D eigenvalue weighted by Crippen LogP contribution is 2.53. The molecule has 6 saturated heterocycles. The number of nitrogens with one attached hydrogen (secondary N) is 3. The van der Waals surface area contributed by atoms with Gasteiger partial charge in [-0.15, -0.1) is 0 Å². The van der Waals surface area contributed by atoms with Gasteiger partial charge < -0.3 is 39.7 Å². The summed E-state index contributed by atoms with van der Waals surface area (Å²) in [5, 5.41) is 8.46. The molecule has 3 N–H and O–H groups in total. The van der Waals surface area contributed by atoms with Gasteiger partial charge in [0, 0.05) is 111 Å². The van der Waals surface area contributed by atoms with E-state index in [1.54, 1.807) is 25.4 Å². The third-order valence-electron chi connectivity index (χ3n) is 21.6. The summed E-state index contributed by atoms with van der Waals surface area (Å²) in [6.07, 6.45) is 11.4. The summed E-state index contributed by atoms with van der Waals surface area (Å²) in [5.74, 6) is -2.44. The Hall–Kier alpha value is -8.11. The van der Waals surface area contributed by atoms with E-state index < -0.39 is 40.9 Å². The van der Waals surface area contributed by atoms with Gasteiger partial charge in [0.25, 0.3) is 17.7 Å². The van der Waals surface area contributed by atoms with Crippen LogP contribution in [0.3, 0.4) is 0 Å². The molecule has 1 atom stereocenters. The Morgan fingerprint density at radius 3 is 2.19 bits per heavy atom. The smallest absolute Gasteiger partial charge is 0.262 e. The van der Waals surface area contributed by atoms with Gasteiger partial charge in [0.1, 0.15) is 17.4 Å². The summed E-state index contributed by atoms with van der Waals surface area (Å²) in [6.45, 7) is 17.2. The molecule has 1 unspecified atom stereocenters. The van der Waals surface area contributed by atoms with Crippen molar-refractivity contribution >= 4 is 81.2 Å². The number of hydrogen-bond acceptors (Lipinski definition) is 14. The molecule has 21 nitrogen and oxygen atoms in total. The summed E-state index contributed by atoms with van der Waals surface area (Å²) in [6, 6.07) is 15.7. The fourth-order valence-electron chi connectivity index (χ4n) is 16.4. The quantitative estimate of drug-likeness (QED) is 0.0973. The number of likely N-dealkylation sites (tertiary alicyclic amines) is 4. The third-order valence-corrected chi connectivity index (χ3v) is 21.6. The van der Waals surface area contributed by atoms with Crippen LogP contribution in [-0.2, 0) is 29.4 Å². The number of halogens is 1. The second kappa shape index (κ2) is 23.5. The van der Waals surface area contributed by atoms with Crippen LogP contribution in [0.15, 0.2) is 60.9 Å². The molecule has 3 aromatic carbocycles. The largest absolute Gasteiger partial charge is 0.371 e. The van der Waals surface area contributed by atoms with Crippen molar-refractivity contribution in [2.24, 2.45) is 11.3 Å². The topological polar surface area (TPSA) is 226 Å². The van der Waals surface area contributed by atoms with Crippen LogP contribution in [0.25, 0.3) is 22.3 Å². The number of nitrogens with zero attached hydrogens (tertiary/aromatic N) is 10. The molecule has 8 aliphatic heterocycles. The second-order valence-electron chi connectivity index (χ2n) is 28.0. The molecule has 9 aliphatic rings. The maximum atomic E-state index is 16.0. The normalized spacial score (nSPS) is 23.5. The molecule has 0 bridgehead atoms. The fraction of sp³-hybridized carbons (Fsp3) is 0.536. The zero-order valence-corrected chi connectivity index (χ0v) is 52.8. The number of carbonyl (C=O) groups is 8. The van der Waals surface area contributed by atoms with E-state index in [2.05, 4.69) is 47.7 Å². The number of benzene rings is 3. The van der Waals surface area contributed by atoms with Crippen LogP contribution in [-0.4, -0.2) is 182 Å². The maximum absolute atomic E-state index is 16.0. The van der Waals surface area contributed by atoms with Gasteiger partial charge in [-0.1, -0.05) is 18.6 Å². The number of imide groups is 2. The number of hydrogen-bond donors (Lipinski definition) is 3. The molecule has 14 rings (SSSR count). The minimum atomic E-state index is -1.01. The number of imidazole rings is 1.